The molecule has 0 aromatic carbocycles. The van der Waals surface area contributed by atoms with Gasteiger partial charge in [-0.25, -0.2) is 9.79 Å². The van der Waals surface area contributed by atoms with Crippen molar-refractivity contribution in [2.75, 3.05) is 23.7 Å². The fourth-order valence-electron chi connectivity index (χ4n) is 0.699. The lowest BCUT2D eigenvalue weighted by molar-refractivity contribution is 0.215. The summed E-state index contributed by atoms with van der Waals surface area (Å²) in [5.74, 6) is 0. The highest BCUT2D eigenvalue weighted by atomic mass is 79.9. The zero-order valence-electron chi connectivity index (χ0n) is 6.96. The minimum absolute atomic E-state index is 0.170. The number of carbonyl (C=O) groups is 1. The third-order valence-electron chi connectivity index (χ3n) is 1.22. The summed E-state index contributed by atoms with van der Waals surface area (Å²) in [7, 11) is 0. The number of rotatable bonds is 4. The maximum Gasteiger partial charge on any atom is 0.343 e. The predicted molar refractivity (Wildman–Crippen MR) is 58.7 cm³/mol. The maximum absolute atomic E-state index is 11.2. The lowest BCUT2D eigenvalue weighted by Crippen LogP contribution is -2.32. The first-order chi connectivity index (χ1) is 5.76. The fourth-order valence-corrected chi connectivity index (χ4v) is 1.56. The van der Waals surface area contributed by atoms with Crippen molar-refractivity contribution in [3.8, 4) is 0 Å². The van der Waals surface area contributed by atoms with Crippen LogP contribution in [0.4, 0.5) is 4.79 Å². The second-order valence-electron chi connectivity index (χ2n) is 2.03. The topological polar surface area (TPSA) is 32.7 Å². The molecule has 0 saturated carbocycles. The standard InChI is InChI=1S/C7H12Br2N2O/c1-2-10-7(12)11(5-3-8)6-4-9/h2H,3-6H2,1H3. The third kappa shape index (κ3) is 4.87. The summed E-state index contributed by atoms with van der Waals surface area (Å²) in [4.78, 5) is 16.6. The molecule has 0 aromatic heterocycles. The van der Waals surface area contributed by atoms with Gasteiger partial charge in [0.1, 0.15) is 0 Å². The highest BCUT2D eigenvalue weighted by Gasteiger charge is 2.08. The molecule has 0 bridgehead atoms. The van der Waals surface area contributed by atoms with Gasteiger partial charge in [0.25, 0.3) is 0 Å². The molecule has 0 radical (unpaired) electrons. The molecule has 0 aromatic rings. The third-order valence-corrected chi connectivity index (χ3v) is 1.93. The van der Waals surface area contributed by atoms with E-state index in [0.717, 1.165) is 10.7 Å². The van der Waals surface area contributed by atoms with Crippen molar-refractivity contribution in [3.05, 3.63) is 0 Å². The molecule has 0 saturated heterocycles. The minimum atomic E-state index is -0.170. The molecular formula is C7H12Br2N2O. The summed E-state index contributed by atoms with van der Waals surface area (Å²) in [5, 5.41) is 1.57. The van der Waals surface area contributed by atoms with Gasteiger partial charge in [0.2, 0.25) is 0 Å². The molecule has 5 heteroatoms. The Morgan fingerprint density at radius 3 is 2.25 bits per heavy atom. The first-order valence-electron chi connectivity index (χ1n) is 3.65. The van der Waals surface area contributed by atoms with Gasteiger partial charge < -0.3 is 4.90 Å². The lowest BCUT2D eigenvalue weighted by Gasteiger charge is -2.17. The van der Waals surface area contributed by atoms with Gasteiger partial charge in [0.15, 0.2) is 0 Å². The smallest absolute Gasteiger partial charge is 0.321 e. The van der Waals surface area contributed by atoms with Crippen molar-refractivity contribution in [1.29, 1.82) is 0 Å². The summed E-state index contributed by atoms with van der Waals surface area (Å²) in [6, 6.07) is -0.170. The van der Waals surface area contributed by atoms with Crippen molar-refractivity contribution in [1.82, 2.24) is 4.90 Å². The Labute approximate surface area is 89.5 Å². The maximum atomic E-state index is 11.2. The van der Waals surface area contributed by atoms with E-state index in [-0.39, 0.29) is 6.03 Å². The molecule has 70 valence electrons. The Hall–Kier alpha value is 0.1000. The number of carbonyl (C=O) groups excluding carboxylic acids is 1. The number of halogens is 2. The lowest BCUT2D eigenvalue weighted by atomic mass is 10.5. The zero-order chi connectivity index (χ0) is 9.40. The average molecular weight is 300 g/mol. The van der Waals surface area contributed by atoms with E-state index in [1.54, 1.807) is 11.8 Å². The molecule has 2 amide bonds. The first kappa shape index (κ1) is 12.1. The first-order valence-corrected chi connectivity index (χ1v) is 5.90. The summed E-state index contributed by atoms with van der Waals surface area (Å²) >= 11 is 6.56. The number of hydrogen-bond donors (Lipinski definition) is 0. The Morgan fingerprint density at radius 2 is 1.92 bits per heavy atom. The average Bonchev–Trinajstić information content (AvgIpc) is 2.04. The van der Waals surface area contributed by atoms with E-state index >= 15 is 0 Å². The van der Waals surface area contributed by atoms with Gasteiger partial charge in [-0.2, -0.15) is 0 Å². The van der Waals surface area contributed by atoms with Gasteiger partial charge in [0.05, 0.1) is 0 Å². The molecule has 0 aliphatic heterocycles. The van der Waals surface area contributed by atoms with Gasteiger partial charge in [-0.05, 0) is 6.92 Å². The van der Waals surface area contributed by atoms with E-state index in [4.69, 9.17) is 0 Å². The molecule has 0 spiro atoms. The van der Waals surface area contributed by atoms with Crippen LogP contribution >= 0.6 is 31.9 Å². The van der Waals surface area contributed by atoms with Gasteiger partial charge in [-0.1, -0.05) is 31.9 Å². The van der Waals surface area contributed by atoms with Gasteiger partial charge in [-0.15, -0.1) is 0 Å². The molecule has 0 aliphatic rings. The Bertz CT molecular complexity index is 155. The number of hydrogen-bond acceptors (Lipinski definition) is 1. The summed E-state index contributed by atoms with van der Waals surface area (Å²) in [6.07, 6.45) is 1.51. The molecule has 0 fully saturated rings. The largest absolute Gasteiger partial charge is 0.343 e. The molecule has 0 unspecified atom stereocenters. The highest BCUT2D eigenvalue weighted by Crippen LogP contribution is 1.97. The Balaban J connectivity index is 3.98. The predicted octanol–water partition coefficient (Wildman–Crippen LogP) is 2.29. The molecule has 12 heavy (non-hydrogen) atoms. The van der Waals surface area contributed by atoms with Crippen LogP contribution in [0.2, 0.25) is 0 Å². The van der Waals surface area contributed by atoms with Crippen molar-refractivity contribution < 1.29 is 4.79 Å². The monoisotopic (exact) mass is 298 g/mol. The zero-order valence-corrected chi connectivity index (χ0v) is 10.1. The Morgan fingerprint density at radius 1 is 1.42 bits per heavy atom. The van der Waals surface area contributed by atoms with Crippen LogP contribution in [0, 0.1) is 0 Å². The number of alkyl halides is 2. The van der Waals surface area contributed by atoms with E-state index in [9.17, 15) is 4.79 Å². The van der Waals surface area contributed by atoms with E-state index in [0.29, 0.717) is 13.1 Å². The quantitative estimate of drug-likeness (QED) is 0.579. The SMILES string of the molecule is CC=NC(=O)N(CCBr)CCBr. The molecule has 0 heterocycles. The van der Waals surface area contributed by atoms with Gasteiger partial charge in [-0.3, -0.25) is 0 Å². The molecular weight excluding hydrogens is 288 g/mol. The summed E-state index contributed by atoms with van der Waals surface area (Å²) in [5.41, 5.74) is 0. The second-order valence-corrected chi connectivity index (χ2v) is 3.62. The van der Waals surface area contributed by atoms with Crippen molar-refractivity contribution in [2.45, 2.75) is 6.92 Å². The molecule has 0 rings (SSSR count). The van der Waals surface area contributed by atoms with Crippen molar-refractivity contribution >= 4 is 44.1 Å². The highest BCUT2D eigenvalue weighted by molar-refractivity contribution is 9.09. The van der Waals surface area contributed by atoms with E-state index in [1.807, 2.05) is 0 Å². The van der Waals surface area contributed by atoms with Crippen molar-refractivity contribution in [2.24, 2.45) is 4.99 Å². The minimum Gasteiger partial charge on any atom is -0.321 e. The molecule has 3 nitrogen and oxygen atoms in total. The van der Waals surface area contributed by atoms with Gasteiger partial charge >= 0.3 is 6.03 Å². The van der Waals surface area contributed by atoms with E-state index in [2.05, 4.69) is 36.9 Å². The number of urea groups is 1. The normalized spacial score (nSPS) is 10.6. The number of aliphatic imine (C=N–C) groups is 1. The van der Waals surface area contributed by atoms with E-state index in [1.165, 1.54) is 6.21 Å². The van der Waals surface area contributed by atoms with Crippen LogP contribution in [0.3, 0.4) is 0 Å². The van der Waals surface area contributed by atoms with Crippen LogP contribution in [0.1, 0.15) is 6.92 Å². The van der Waals surface area contributed by atoms with E-state index < -0.39 is 0 Å². The van der Waals surface area contributed by atoms with Crippen LogP contribution in [0.5, 0.6) is 0 Å². The molecule has 0 N–H and O–H groups in total. The number of nitrogens with zero attached hydrogens (tertiary/aromatic N) is 2. The summed E-state index contributed by atoms with van der Waals surface area (Å²) < 4.78 is 0. The van der Waals surface area contributed by atoms with Crippen LogP contribution in [-0.4, -0.2) is 40.9 Å². The van der Waals surface area contributed by atoms with Crippen LogP contribution in [0.15, 0.2) is 4.99 Å². The number of amides is 2. The van der Waals surface area contributed by atoms with Crippen LogP contribution in [0.25, 0.3) is 0 Å². The molecule has 0 atom stereocenters. The fraction of sp³-hybridized carbons (Fsp3) is 0.714. The van der Waals surface area contributed by atoms with Crippen LogP contribution in [-0.2, 0) is 0 Å². The second kappa shape index (κ2) is 7.73. The summed E-state index contributed by atoms with van der Waals surface area (Å²) in [6.45, 7) is 3.13. The van der Waals surface area contributed by atoms with Crippen molar-refractivity contribution in [3.63, 3.8) is 0 Å². The Kier molecular flexibility index (Phi) is 7.80. The van der Waals surface area contributed by atoms with Gasteiger partial charge in [0, 0.05) is 30.0 Å². The molecule has 0 aliphatic carbocycles. The van der Waals surface area contributed by atoms with Crippen LogP contribution < -0.4 is 0 Å².